The number of nitrogens with two attached hydrogens (primary N) is 1. The van der Waals surface area contributed by atoms with Crippen LogP contribution >= 0.6 is 0 Å². The van der Waals surface area contributed by atoms with Gasteiger partial charge in [0.05, 0.1) is 11.4 Å². The van der Waals surface area contributed by atoms with Gasteiger partial charge in [0.2, 0.25) is 15.9 Å². The third-order valence-electron chi connectivity index (χ3n) is 2.79. The van der Waals surface area contributed by atoms with Crippen molar-refractivity contribution in [1.82, 2.24) is 10.0 Å². The van der Waals surface area contributed by atoms with Gasteiger partial charge in [-0.25, -0.2) is 13.1 Å². The molecule has 0 aromatic heterocycles. The van der Waals surface area contributed by atoms with Gasteiger partial charge in [-0.05, 0) is 44.9 Å². The Labute approximate surface area is 119 Å². The molecule has 0 saturated heterocycles. The molecule has 0 aliphatic carbocycles. The summed E-state index contributed by atoms with van der Waals surface area (Å²) in [5.41, 5.74) is 7.22. The Morgan fingerprint density at radius 2 is 1.90 bits per heavy atom. The van der Waals surface area contributed by atoms with Crippen molar-refractivity contribution in [2.24, 2.45) is 0 Å². The number of hydrogen-bond acceptors (Lipinski definition) is 4. The van der Waals surface area contributed by atoms with Crippen molar-refractivity contribution in [2.75, 3.05) is 12.3 Å². The largest absolute Gasteiger partial charge is 0.398 e. The van der Waals surface area contributed by atoms with Crippen LogP contribution in [0.5, 0.6) is 0 Å². The molecule has 7 heteroatoms. The molecule has 0 heterocycles. The number of carbonyl (C=O) groups excluding carboxylic acids is 1. The van der Waals surface area contributed by atoms with Crippen LogP contribution in [-0.4, -0.2) is 26.9 Å². The Morgan fingerprint density at radius 3 is 2.45 bits per heavy atom. The first-order chi connectivity index (χ1) is 9.15. The maximum Gasteiger partial charge on any atom is 0.241 e. The standard InChI is InChI=1S/C13H21N3O3S/c1-8(2)16-12(17)7-15-20(18,19)13-9(3)5-6-11(14)10(13)4/h5-6,8,15H,7,14H2,1-4H3,(H,16,17). The van der Waals surface area contributed by atoms with Gasteiger partial charge in [0.25, 0.3) is 0 Å². The normalized spacial score (nSPS) is 11.7. The van der Waals surface area contributed by atoms with Gasteiger partial charge in [-0.3, -0.25) is 4.79 Å². The van der Waals surface area contributed by atoms with E-state index >= 15 is 0 Å². The minimum Gasteiger partial charge on any atom is -0.398 e. The van der Waals surface area contributed by atoms with Gasteiger partial charge in [-0.1, -0.05) is 6.07 Å². The zero-order valence-corrected chi connectivity index (χ0v) is 13.0. The molecule has 6 nitrogen and oxygen atoms in total. The fourth-order valence-electron chi connectivity index (χ4n) is 1.86. The molecule has 0 spiro atoms. The van der Waals surface area contributed by atoms with E-state index < -0.39 is 10.0 Å². The molecule has 0 bridgehead atoms. The molecule has 112 valence electrons. The van der Waals surface area contributed by atoms with Crippen LogP contribution in [0.15, 0.2) is 17.0 Å². The molecule has 0 saturated carbocycles. The summed E-state index contributed by atoms with van der Waals surface area (Å²) in [5.74, 6) is -0.372. The fourth-order valence-corrected chi connectivity index (χ4v) is 3.34. The lowest BCUT2D eigenvalue weighted by Gasteiger charge is -2.14. The molecule has 0 radical (unpaired) electrons. The lowest BCUT2D eigenvalue weighted by atomic mass is 10.1. The zero-order valence-electron chi connectivity index (χ0n) is 12.1. The summed E-state index contributed by atoms with van der Waals surface area (Å²) in [5, 5.41) is 2.62. The molecule has 1 aromatic carbocycles. The number of sulfonamides is 1. The molecule has 4 N–H and O–H groups in total. The Morgan fingerprint density at radius 1 is 1.30 bits per heavy atom. The van der Waals surface area contributed by atoms with Crippen LogP contribution in [0, 0.1) is 13.8 Å². The predicted molar refractivity (Wildman–Crippen MR) is 78.8 cm³/mol. The van der Waals surface area contributed by atoms with Crippen molar-refractivity contribution < 1.29 is 13.2 Å². The molecule has 0 unspecified atom stereocenters. The van der Waals surface area contributed by atoms with Gasteiger partial charge in [-0.2, -0.15) is 0 Å². The van der Waals surface area contributed by atoms with Gasteiger partial charge in [0.15, 0.2) is 0 Å². The van der Waals surface area contributed by atoms with Crippen molar-refractivity contribution in [3.63, 3.8) is 0 Å². The van der Waals surface area contributed by atoms with E-state index in [1.807, 2.05) is 0 Å². The highest BCUT2D eigenvalue weighted by Gasteiger charge is 2.21. The van der Waals surface area contributed by atoms with Crippen LogP contribution in [0.25, 0.3) is 0 Å². The first-order valence-corrected chi connectivity index (χ1v) is 7.78. The maximum atomic E-state index is 12.3. The summed E-state index contributed by atoms with van der Waals surface area (Å²) in [6, 6.07) is 3.27. The molecule has 1 amide bonds. The summed E-state index contributed by atoms with van der Waals surface area (Å²) in [6.07, 6.45) is 0. The molecule has 0 aliphatic heterocycles. The fraction of sp³-hybridized carbons (Fsp3) is 0.462. The van der Waals surface area contributed by atoms with E-state index in [-0.39, 0.29) is 23.4 Å². The molecule has 1 aromatic rings. The Bertz CT molecular complexity index is 610. The average molecular weight is 299 g/mol. The van der Waals surface area contributed by atoms with Gasteiger partial charge in [0, 0.05) is 11.7 Å². The third-order valence-corrected chi connectivity index (χ3v) is 4.48. The summed E-state index contributed by atoms with van der Waals surface area (Å²) in [4.78, 5) is 11.6. The Balaban J connectivity index is 2.96. The Kier molecular flexibility index (Phi) is 5.13. The van der Waals surface area contributed by atoms with Crippen molar-refractivity contribution in [2.45, 2.75) is 38.6 Å². The summed E-state index contributed by atoms with van der Waals surface area (Å²) in [7, 11) is -3.77. The monoisotopic (exact) mass is 299 g/mol. The molecule has 1 rings (SSSR count). The van der Waals surface area contributed by atoms with Crippen molar-refractivity contribution in [3.8, 4) is 0 Å². The number of hydrogen-bond donors (Lipinski definition) is 3. The highest BCUT2D eigenvalue weighted by Crippen LogP contribution is 2.24. The van der Waals surface area contributed by atoms with Crippen LogP contribution in [0.3, 0.4) is 0 Å². The molecule has 0 fully saturated rings. The second-order valence-electron chi connectivity index (χ2n) is 4.97. The minimum atomic E-state index is -3.77. The lowest BCUT2D eigenvalue weighted by Crippen LogP contribution is -2.40. The molecular formula is C13H21N3O3S. The molecule has 0 atom stereocenters. The highest BCUT2D eigenvalue weighted by molar-refractivity contribution is 7.89. The number of nitrogens with one attached hydrogen (secondary N) is 2. The van der Waals surface area contributed by atoms with Gasteiger partial charge < -0.3 is 11.1 Å². The van der Waals surface area contributed by atoms with Crippen LogP contribution in [0.1, 0.15) is 25.0 Å². The van der Waals surface area contributed by atoms with Crippen LogP contribution in [-0.2, 0) is 14.8 Å². The first-order valence-electron chi connectivity index (χ1n) is 6.30. The van der Waals surface area contributed by atoms with E-state index in [1.54, 1.807) is 39.8 Å². The summed E-state index contributed by atoms with van der Waals surface area (Å²) in [6.45, 7) is 6.64. The number of anilines is 1. The van der Waals surface area contributed by atoms with E-state index in [2.05, 4.69) is 10.0 Å². The smallest absolute Gasteiger partial charge is 0.241 e. The van der Waals surface area contributed by atoms with Gasteiger partial charge in [0.1, 0.15) is 0 Å². The van der Waals surface area contributed by atoms with E-state index in [1.165, 1.54) is 0 Å². The van der Waals surface area contributed by atoms with Crippen LogP contribution < -0.4 is 15.8 Å². The zero-order chi connectivity index (χ0) is 15.5. The summed E-state index contributed by atoms with van der Waals surface area (Å²) < 4.78 is 26.8. The topological polar surface area (TPSA) is 101 Å². The second-order valence-corrected chi connectivity index (χ2v) is 6.68. The number of aryl methyl sites for hydroxylation is 1. The minimum absolute atomic E-state index is 0.0390. The molecule has 0 aliphatic rings. The van der Waals surface area contributed by atoms with Gasteiger partial charge in [-0.15, -0.1) is 0 Å². The third kappa shape index (κ3) is 3.94. The first kappa shape index (κ1) is 16.5. The summed E-state index contributed by atoms with van der Waals surface area (Å²) >= 11 is 0. The van der Waals surface area contributed by atoms with Gasteiger partial charge >= 0.3 is 0 Å². The second kappa shape index (κ2) is 6.23. The van der Waals surface area contributed by atoms with E-state index in [4.69, 9.17) is 5.73 Å². The quantitative estimate of drug-likeness (QED) is 0.696. The SMILES string of the molecule is Cc1ccc(N)c(C)c1S(=O)(=O)NCC(=O)NC(C)C. The average Bonchev–Trinajstić information content (AvgIpc) is 2.31. The van der Waals surface area contributed by atoms with Crippen molar-refractivity contribution in [3.05, 3.63) is 23.3 Å². The van der Waals surface area contributed by atoms with E-state index in [9.17, 15) is 13.2 Å². The Hall–Kier alpha value is -1.60. The number of carbonyl (C=O) groups is 1. The number of benzene rings is 1. The number of nitrogen functional groups attached to an aromatic ring is 1. The van der Waals surface area contributed by atoms with Crippen LogP contribution in [0.4, 0.5) is 5.69 Å². The van der Waals surface area contributed by atoms with E-state index in [0.717, 1.165) is 0 Å². The highest BCUT2D eigenvalue weighted by atomic mass is 32.2. The number of amides is 1. The van der Waals surface area contributed by atoms with Crippen molar-refractivity contribution >= 4 is 21.6 Å². The van der Waals surface area contributed by atoms with Crippen LogP contribution in [0.2, 0.25) is 0 Å². The van der Waals surface area contributed by atoms with E-state index in [0.29, 0.717) is 16.8 Å². The lowest BCUT2D eigenvalue weighted by molar-refractivity contribution is -0.120. The molecule has 20 heavy (non-hydrogen) atoms. The number of rotatable bonds is 5. The predicted octanol–water partition coefficient (Wildman–Crippen LogP) is 0.689. The molecular weight excluding hydrogens is 278 g/mol. The maximum absolute atomic E-state index is 12.3. The van der Waals surface area contributed by atoms with Crippen molar-refractivity contribution in [1.29, 1.82) is 0 Å².